The van der Waals surface area contributed by atoms with E-state index in [-0.39, 0.29) is 10.8 Å². The van der Waals surface area contributed by atoms with Gasteiger partial charge in [-0.25, -0.2) is 8.42 Å². The monoisotopic (exact) mass is 513 g/mol. The average molecular weight is 513 g/mol. The highest BCUT2D eigenvalue weighted by Gasteiger charge is 2.27. The number of anilines is 1. The fourth-order valence-corrected chi connectivity index (χ4v) is 5.02. The zero-order valence-corrected chi connectivity index (χ0v) is 19.0. The number of piperazine rings is 1. The highest BCUT2D eigenvalue weighted by atomic mass is 127. The molecule has 1 aliphatic rings. The van der Waals surface area contributed by atoms with Gasteiger partial charge in [0.1, 0.15) is 0 Å². The van der Waals surface area contributed by atoms with Crippen molar-refractivity contribution in [2.75, 3.05) is 38.0 Å². The molecule has 0 atom stereocenters. The van der Waals surface area contributed by atoms with Crippen molar-refractivity contribution in [2.24, 2.45) is 0 Å². The first-order chi connectivity index (χ1) is 13.3. The first kappa shape index (κ1) is 21.2. The molecule has 3 rings (SSSR count). The lowest BCUT2D eigenvalue weighted by Crippen LogP contribution is -2.48. The van der Waals surface area contributed by atoms with Gasteiger partial charge >= 0.3 is 0 Å². The normalized spacial score (nSPS) is 16.1. The van der Waals surface area contributed by atoms with Crippen molar-refractivity contribution in [3.8, 4) is 0 Å². The van der Waals surface area contributed by atoms with Crippen LogP contribution in [0.25, 0.3) is 0 Å². The third kappa shape index (κ3) is 4.73. The Morgan fingerprint density at radius 3 is 2.29 bits per heavy atom. The predicted molar refractivity (Wildman–Crippen MR) is 119 cm³/mol. The summed E-state index contributed by atoms with van der Waals surface area (Å²) in [5.41, 5.74) is 2.25. The Morgan fingerprint density at radius 1 is 1.07 bits per heavy atom. The summed E-state index contributed by atoms with van der Waals surface area (Å²) in [6.07, 6.45) is 0. The van der Waals surface area contributed by atoms with Gasteiger partial charge in [0.25, 0.3) is 5.91 Å². The Bertz CT molecular complexity index is 953. The van der Waals surface area contributed by atoms with E-state index in [1.807, 2.05) is 19.1 Å². The largest absolute Gasteiger partial charge is 0.322 e. The Balaban J connectivity index is 1.69. The van der Waals surface area contributed by atoms with Crippen molar-refractivity contribution >= 4 is 44.2 Å². The van der Waals surface area contributed by atoms with E-state index >= 15 is 0 Å². The van der Waals surface area contributed by atoms with Gasteiger partial charge in [0.05, 0.1) is 4.90 Å². The summed E-state index contributed by atoms with van der Waals surface area (Å²) in [5.74, 6) is -0.218. The molecule has 1 N–H and O–H groups in total. The van der Waals surface area contributed by atoms with Gasteiger partial charge < -0.3 is 10.2 Å². The standard InChI is InChI=1S/C20H24IN3O3S/c1-3-23-10-12-24(13-11-23)28(26,27)18-8-6-17(7-9-18)22-20(25)16-5-4-15(2)19(21)14-16/h4-9,14H,3,10-13H2,1-2H3,(H,22,25). The van der Waals surface area contributed by atoms with Crippen molar-refractivity contribution in [3.05, 3.63) is 57.2 Å². The fourth-order valence-electron chi connectivity index (χ4n) is 3.08. The van der Waals surface area contributed by atoms with Crippen molar-refractivity contribution in [2.45, 2.75) is 18.7 Å². The minimum Gasteiger partial charge on any atom is -0.322 e. The van der Waals surface area contributed by atoms with Crippen LogP contribution in [0.4, 0.5) is 5.69 Å². The average Bonchev–Trinajstić information content (AvgIpc) is 2.70. The lowest BCUT2D eigenvalue weighted by Gasteiger charge is -2.33. The van der Waals surface area contributed by atoms with Gasteiger partial charge in [-0.05, 0) is 78.0 Å². The molecule has 1 fully saturated rings. The van der Waals surface area contributed by atoms with Crippen molar-refractivity contribution in [1.82, 2.24) is 9.21 Å². The molecule has 2 aromatic carbocycles. The summed E-state index contributed by atoms with van der Waals surface area (Å²) < 4.78 is 28.2. The summed E-state index contributed by atoms with van der Waals surface area (Å²) in [5, 5.41) is 2.82. The lowest BCUT2D eigenvalue weighted by atomic mass is 10.1. The van der Waals surface area contributed by atoms with Gasteiger partial charge in [0.2, 0.25) is 10.0 Å². The molecule has 1 heterocycles. The Hall–Kier alpha value is -1.49. The van der Waals surface area contributed by atoms with E-state index in [2.05, 4.69) is 39.7 Å². The number of rotatable bonds is 5. The van der Waals surface area contributed by atoms with E-state index in [9.17, 15) is 13.2 Å². The number of halogens is 1. The lowest BCUT2D eigenvalue weighted by molar-refractivity contribution is 0.102. The zero-order valence-electron chi connectivity index (χ0n) is 16.0. The molecule has 0 saturated carbocycles. The van der Waals surface area contributed by atoms with Crippen LogP contribution in [0.15, 0.2) is 47.4 Å². The number of hydrogen-bond acceptors (Lipinski definition) is 4. The number of likely N-dealkylation sites (N-methyl/N-ethyl adjacent to an activating group) is 1. The fraction of sp³-hybridized carbons (Fsp3) is 0.350. The third-order valence-corrected chi connectivity index (χ3v) is 8.04. The van der Waals surface area contributed by atoms with Crippen LogP contribution in [-0.4, -0.2) is 56.3 Å². The van der Waals surface area contributed by atoms with Crippen molar-refractivity contribution in [3.63, 3.8) is 0 Å². The number of nitrogens with one attached hydrogen (secondary N) is 1. The molecule has 8 heteroatoms. The number of sulfonamides is 1. The van der Waals surface area contributed by atoms with Crippen molar-refractivity contribution in [1.29, 1.82) is 0 Å². The van der Waals surface area contributed by atoms with Crippen LogP contribution in [0, 0.1) is 10.5 Å². The van der Waals surface area contributed by atoms with Gasteiger partial charge in [0.15, 0.2) is 0 Å². The van der Waals surface area contributed by atoms with E-state index in [0.29, 0.717) is 24.3 Å². The van der Waals surface area contributed by atoms with Gasteiger partial charge in [-0.2, -0.15) is 4.31 Å². The molecule has 0 unspecified atom stereocenters. The molecular weight excluding hydrogens is 489 g/mol. The van der Waals surface area contributed by atoms with Gasteiger partial charge in [0, 0.05) is 41.0 Å². The molecule has 6 nitrogen and oxygen atoms in total. The maximum Gasteiger partial charge on any atom is 0.255 e. The van der Waals surface area contributed by atoms with E-state index in [0.717, 1.165) is 28.8 Å². The third-order valence-electron chi connectivity index (χ3n) is 4.96. The van der Waals surface area contributed by atoms with Gasteiger partial charge in [-0.3, -0.25) is 4.79 Å². The van der Waals surface area contributed by atoms with Crippen LogP contribution in [0.5, 0.6) is 0 Å². The minimum atomic E-state index is -3.51. The summed E-state index contributed by atoms with van der Waals surface area (Å²) in [6, 6.07) is 11.9. The Labute approximate surface area is 180 Å². The first-order valence-electron chi connectivity index (χ1n) is 9.21. The number of carbonyl (C=O) groups excluding carboxylic acids is 1. The number of carbonyl (C=O) groups is 1. The summed E-state index contributed by atoms with van der Waals surface area (Å²) in [6.45, 7) is 7.50. The smallest absolute Gasteiger partial charge is 0.255 e. The highest BCUT2D eigenvalue weighted by Crippen LogP contribution is 2.21. The maximum atomic E-state index is 12.8. The molecule has 0 radical (unpaired) electrons. The number of hydrogen-bond donors (Lipinski definition) is 1. The number of benzene rings is 2. The van der Waals surface area contributed by atoms with Crippen LogP contribution in [0.2, 0.25) is 0 Å². The van der Waals surface area contributed by atoms with Crippen LogP contribution in [-0.2, 0) is 10.0 Å². The second kappa shape index (κ2) is 8.89. The molecule has 0 spiro atoms. The predicted octanol–water partition coefficient (Wildman–Crippen LogP) is 3.18. The number of amides is 1. The summed E-state index contributed by atoms with van der Waals surface area (Å²) in [7, 11) is -3.51. The van der Waals surface area contributed by atoms with E-state index in [1.54, 1.807) is 30.3 Å². The Morgan fingerprint density at radius 2 is 1.71 bits per heavy atom. The molecule has 0 aliphatic carbocycles. The van der Waals surface area contributed by atoms with E-state index in [1.165, 1.54) is 4.31 Å². The Kier molecular flexibility index (Phi) is 6.74. The molecule has 1 aliphatic heterocycles. The van der Waals surface area contributed by atoms with Crippen LogP contribution in [0.3, 0.4) is 0 Å². The second-order valence-corrected chi connectivity index (χ2v) is 9.88. The first-order valence-corrected chi connectivity index (χ1v) is 11.7. The van der Waals surface area contributed by atoms with Crippen LogP contribution < -0.4 is 5.32 Å². The van der Waals surface area contributed by atoms with E-state index < -0.39 is 10.0 Å². The van der Waals surface area contributed by atoms with Crippen LogP contribution >= 0.6 is 22.6 Å². The SMILES string of the molecule is CCN1CCN(S(=O)(=O)c2ccc(NC(=O)c3ccc(C)c(I)c3)cc2)CC1. The molecule has 0 aromatic heterocycles. The molecule has 28 heavy (non-hydrogen) atoms. The summed E-state index contributed by atoms with van der Waals surface area (Å²) in [4.78, 5) is 14.9. The van der Waals surface area contributed by atoms with Crippen molar-refractivity contribution < 1.29 is 13.2 Å². The highest BCUT2D eigenvalue weighted by molar-refractivity contribution is 14.1. The second-order valence-electron chi connectivity index (χ2n) is 6.78. The number of aryl methyl sites for hydroxylation is 1. The topological polar surface area (TPSA) is 69.7 Å². The van der Waals surface area contributed by atoms with Gasteiger partial charge in [-0.15, -0.1) is 0 Å². The molecule has 2 aromatic rings. The molecular formula is C20H24IN3O3S. The molecule has 150 valence electrons. The summed E-state index contributed by atoms with van der Waals surface area (Å²) >= 11 is 2.20. The molecule has 0 bridgehead atoms. The van der Waals surface area contributed by atoms with Gasteiger partial charge in [-0.1, -0.05) is 13.0 Å². The van der Waals surface area contributed by atoms with Crippen LogP contribution in [0.1, 0.15) is 22.8 Å². The van der Waals surface area contributed by atoms with E-state index in [4.69, 9.17) is 0 Å². The minimum absolute atomic E-state index is 0.218. The maximum absolute atomic E-state index is 12.8. The number of nitrogens with zero attached hydrogens (tertiary/aromatic N) is 2. The zero-order chi connectivity index (χ0) is 20.3. The molecule has 1 saturated heterocycles. The quantitative estimate of drug-likeness (QED) is 0.624. The molecule has 1 amide bonds.